The van der Waals surface area contributed by atoms with Gasteiger partial charge in [0, 0.05) is 13.1 Å². The SMILES string of the molecule is O=C([O-])CN(CO)CC(=O)[O-].[Na+].[Na+]. The van der Waals surface area contributed by atoms with Gasteiger partial charge in [0.2, 0.25) is 0 Å². The Hall–Kier alpha value is 0.860. The second kappa shape index (κ2) is 10.9. The number of carbonyl (C=O) groups is 2. The number of rotatable bonds is 5. The van der Waals surface area contributed by atoms with Gasteiger partial charge in [0.25, 0.3) is 0 Å². The number of aliphatic carboxylic acids is 2. The summed E-state index contributed by atoms with van der Waals surface area (Å²) in [5, 5.41) is 28.1. The number of carboxylic acid groups (broad SMARTS) is 2. The van der Waals surface area contributed by atoms with Gasteiger partial charge in [0.15, 0.2) is 0 Å². The molecule has 6 nitrogen and oxygen atoms in total. The predicted molar refractivity (Wildman–Crippen MR) is 28.7 cm³/mol. The van der Waals surface area contributed by atoms with Crippen molar-refractivity contribution in [1.29, 1.82) is 0 Å². The van der Waals surface area contributed by atoms with E-state index in [0.29, 0.717) is 0 Å². The molecule has 0 saturated heterocycles. The molecule has 0 rings (SSSR count). The molecule has 0 saturated carbocycles. The van der Waals surface area contributed by atoms with E-state index >= 15 is 0 Å². The molecule has 1 N–H and O–H groups in total. The van der Waals surface area contributed by atoms with Crippen molar-refractivity contribution in [2.75, 3.05) is 19.8 Å². The summed E-state index contributed by atoms with van der Waals surface area (Å²) in [4.78, 5) is 20.5. The zero-order valence-electron chi connectivity index (χ0n) is 7.65. The molecule has 0 radical (unpaired) electrons. The third-order valence-corrected chi connectivity index (χ3v) is 0.905. The summed E-state index contributed by atoms with van der Waals surface area (Å²) < 4.78 is 0. The van der Waals surface area contributed by atoms with Gasteiger partial charge >= 0.3 is 59.1 Å². The normalized spacial score (nSPS) is 8.46. The Morgan fingerprint density at radius 3 is 1.54 bits per heavy atom. The number of nitrogens with zero attached hydrogens (tertiary/aromatic N) is 1. The van der Waals surface area contributed by atoms with Crippen molar-refractivity contribution in [2.24, 2.45) is 0 Å². The molecule has 0 aromatic rings. The molecule has 8 heteroatoms. The fourth-order valence-electron chi connectivity index (χ4n) is 0.521. The van der Waals surface area contributed by atoms with Crippen molar-refractivity contribution in [3.05, 3.63) is 0 Å². The summed E-state index contributed by atoms with van der Waals surface area (Å²) in [7, 11) is 0. The van der Waals surface area contributed by atoms with Crippen LogP contribution in [0.1, 0.15) is 0 Å². The molecule has 0 unspecified atom stereocenters. The van der Waals surface area contributed by atoms with Gasteiger partial charge in [-0.15, -0.1) is 0 Å². The zero-order valence-corrected chi connectivity index (χ0v) is 11.6. The molecule has 0 aliphatic rings. The minimum atomic E-state index is -1.44. The van der Waals surface area contributed by atoms with Crippen LogP contribution in [-0.4, -0.2) is 41.8 Å². The van der Waals surface area contributed by atoms with Crippen molar-refractivity contribution in [2.45, 2.75) is 0 Å². The van der Waals surface area contributed by atoms with Gasteiger partial charge in [-0.2, -0.15) is 0 Å². The summed E-state index contributed by atoms with van der Waals surface area (Å²) in [6, 6.07) is 0. The fourth-order valence-corrected chi connectivity index (χ4v) is 0.521. The summed E-state index contributed by atoms with van der Waals surface area (Å²) in [5.74, 6) is -2.89. The zero-order chi connectivity index (χ0) is 8.85. The summed E-state index contributed by atoms with van der Waals surface area (Å²) in [6.07, 6.45) is 0. The number of carboxylic acids is 2. The number of hydrogen-bond acceptors (Lipinski definition) is 6. The first-order chi connectivity index (χ1) is 5.06. The Labute approximate surface area is 119 Å². The Kier molecular flexibility index (Phi) is 16.4. The van der Waals surface area contributed by atoms with Crippen LogP contribution >= 0.6 is 0 Å². The summed E-state index contributed by atoms with van der Waals surface area (Å²) in [5.41, 5.74) is 0. The van der Waals surface area contributed by atoms with Gasteiger partial charge in [-0.25, -0.2) is 0 Å². The molecule has 0 fully saturated rings. The maximum atomic E-state index is 9.87. The molecule has 0 aromatic heterocycles. The van der Waals surface area contributed by atoms with Crippen molar-refractivity contribution in [3.63, 3.8) is 0 Å². The number of carbonyl (C=O) groups excluding carboxylic acids is 2. The Balaban J connectivity index is -0.000000500. The molecular weight excluding hydrogens is 200 g/mol. The van der Waals surface area contributed by atoms with Gasteiger partial charge in [0.05, 0.1) is 18.7 Å². The molecule has 0 aliphatic heterocycles. The first kappa shape index (κ1) is 19.4. The minimum Gasteiger partial charge on any atom is -0.549 e. The Morgan fingerprint density at radius 2 is 1.38 bits per heavy atom. The number of aliphatic hydroxyl groups excluding tert-OH is 1. The second-order valence-electron chi connectivity index (χ2n) is 1.87. The van der Waals surface area contributed by atoms with E-state index < -0.39 is 31.8 Å². The second-order valence-corrected chi connectivity index (χ2v) is 1.87. The quantitative estimate of drug-likeness (QED) is 0.354. The van der Waals surface area contributed by atoms with E-state index in [1.54, 1.807) is 0 Å². The first-order valence-electron chi connectivity index (χ1n) is 2.79. The van der Waals surface area contributed by atoms with Gasteiger partial charge in [-0.1, -0.05) is 0 Å². The molecule has 0 bridgehead atoms. The van der Waals surface area contributed by atoms with Gasteiger partial charge in [-0.05, 0) is 0 Å². The monoisotopic (exact) mass is 207 g/mol. The van der Waals surface area contributed by atoms with E-state index in [1.807, 2.05) is 0 Å². The van der Waals surface area contributed by atoms with Gasteiger partial charge in [0.1, 0.15) is 0 Å². The average Bonchev–Trinajstić information content (AvgIpc) is 1.84. The van der Waals surface area contributed by atoms with Crippen molar-refractivity contribution >= 4 is 11.9 Å². The van der Waals surface area contributed by atoms with Gasteiger partial charge < -0.3 is 24.9 Å². The average molecular weight is 207 g/mol. The van der Waals surface area contributed by atoms with Gasteiger partial charge in [-0.3, -0.25) is 4.90 Å². The first-order valence-corrected chi connectivity index (χ1v) is 2.79. The van der Waals surface area contributed by atoms with Crippen LogP contribution in [0, 0.1) is 0 Å². The molecule has 0 atom stereocenters. The van der Waals surface area contributed by atoms with Crippen LogP contribution in [0.2, 0.25) is 0 Å². The van der Waals surface area contributed by atoms with E-state index in [1.165, 1.54) is 0 Å². The van der Waals surface area contributed by atoms with E-state index in [4.69, 9.17) is 5.11 Å². The maximum absolute atomic E-state index is 9.87. The number of aliphatic hydroxyl groups is 1. The maximum Gasteiger partial charge on any atom is 1.00 e. The molecule has 0 amide bonds. The van der Waals surface area contributed by atoms with Crippen LogP contribution in [0.5, 0.6) is 0 Å². The number of hydrogen-bond donors (Lipinski definition) is 1. The molecule has 0 aromatic carbocycles. The smallest absolute Gasteiger partial charge is 0.549 e. The van der Waals surface area contributed by atoms with E-state index in [9.17, 15) is 19.8 Å². The van der Waals surface area contributed by atoms with Crippen LogP contribution in [-0.2, 0) is 9.59 Å². The van der Waals surface area contributed by atoms with E-state index in [-0.39, 0.29) is 59.1 Å². The molecule has 0 spiro atoms. The predicted octanol–water partition coefficient (Wildman–Crippen LogP) is -10.3. The van der Waals surface area contributed by atoms with E-state index in [2.05, 4.69) is 0 Å². The fraction of sp³-hybridized carbons (Fsp3) is 0.600. The Bertz CT molecular complexity index is 149. The van der Waals surface area contributed by atoms with Crippen molar-refractivity contribution < 1.29 is 84.0 Å². The summed E-state index contributed by atoms with van der Waals surface area (Å²) >= 11 is 0. The molecule has 0 aliphatic carbocycles. The Morgan fingerprint density at radius 1 is 1.08 bits per heavy atom. The summed E-state index contributed by atoms with van der Waals surface area (Å²) in [6.45, 7) is -1.89. The standard InChI is InChI=1S/C5H9NO5.2Na/c7-3-6(1-4(8)9)2-5(10)11;;/h7H,1-3H2,(H,8,9)(H,10,11);;/q;2*+1/p-2. The van der Waals surface area contributed by atoms with Crippen molar-refractivity contribution in [1.82, 2.24) is 4.90 Å². The van der Waals surface area contributed by atoms with Crippen LogP contribution in [0.3, 0.4) is 0 Å². The molecule has 13 heavy (non-hydrogen) atoms. The van der Waals surface area contributed by atoms with Crippen LogP contribution in [0.15, 0.2) is 0 Å². The molecule has 64 valence electrons. The van der Waals surface area contributed by atoms with Crippen LogP contribution in [0.25, 0.3) is 0 Å². The topological polar surface area (TPSA) is 104 Å². The largest absolute Gasteiger partial charge is 1.00 e. The van der Waals surface area contributed by atoms with Crippen molar-refractivity contribution in [3.8, 4) is 0 Å². The third-order valence-electron chi connectivity index (χ3n) is 0.905. The molecular formula is C5H7NNa2O5. The van der Waals surface area contributed by atoms with Crippen LogP contribution < -0.4 is 69.3 Å². The minimum absolute atomic E-state index is 0. The van der Waals surface area contributed by atoms with Crippen LogP contribution in [0.4, 0.5) is 0 Å². The molecule has 0 heterocycles. The third kappa shape index (κ3) is 12.9. The van der Waals surface area contributed by atoms with E-state index in [0.717, 1.165) is 4.90 Å².